The summed E-state index contributed by atoms with van der Waals surface area (Å²) in [5.74, 6) is 0.277. The van der Waals surface area contributed by atoms with Crippen molar-refractivity contribution < 1.29 is 19.1 Å². The lowest BCUT2D eigenvalue weighted by Gasteiger charge is -2.12. The van der Waals surface area contributed by atoms with Gasteiger partial charge in [0.05, 0.1) is 0 Å². The van der Waals surface area contributed by atoms with Gasteiger partial charge in [-0.05, 0) is 62.0 Å². The minimum atomic E-state index is -0.450. The van der Waals surface area contributed by atoms with Gasteiger partial charge < -0.3 is 9.47 Å². The normalized spacial score (nSPS) is 9.96. The van der Waals surface area contributed by atoms with E-state index in [1.807, 2.05) is 38.1 Å². The Kier molecular flexibility index (Phi) is 8.21. The van der Waals surface area contributed by atoms with Gasteiger partial charge >= 0.3 is 0 Å². The highest BCUT2D eigenvalue weighted by Crippen LogP contribution is 2.21. The van der Waals surface area contributed by atoms with Gasteiger partial charge in [-0.3, -0.25) is 25.8 Å². The molecule has 0 atom stereocenters. The van der Waals surface area contributed by atoms with E-state index in [4.69, 9.17) is 21.7 Å². The van der Waals surface area contributed by atoms with E-state index in [0.717, 1.165) is 15.6 Å². The second-order valence-corrected chi connectivity index (χ2v) is 7.17. The smallest absolute Gasteiger partial charge is 0.276 e. The molecule has 0 aliphatic carbocycles. The van der Waals surface area contributed by atoms with Crippen LogP contribution in [-0.4, -0.2) is 30.1 Å². The second kappa shape index (κ2) is 10.6. The summed E-state index contributed by atoms with van der Waals surface area (Å²) in [4.78, 5) is 23.6. The summed E-state index contributed by atoms with van der Waals surface area (Å²) >= 11 is 8.31. The molecular weight excluding hydrogens is 446 g/mol. The zero-order valence-corrected chi connectivity index (χ0v) is 17.8. The van der Waals surface area contributed by atoms with Crippen molar-refractivity contribution >= 4 is 45.1 Å². The van der Waals surface area contributed by atoms with Gasteiger partial charge in [0.1, 0.15) is 11.5 Å². The first-order chi connectivity index (χ1) is 13.3. The maximum atomic E-state index is 11.8. The molecule has 0 spiro atoms. The molecule has 0 unspecified atom stereocenters. The van der Waals surface area contributed by atoms with E-state index >= 15 is 0 Å². The van der Waals surface area contributed by atoms with Crippen molar-refractivity contribution in [3.05, 3.63) is 58.1 Å². The van der Waals surface area contributed by atoms with Crippen molar-refractivity contribution in [2.45, 2.75) is 13.8 Å². The number of amides is 2. The number of ether oxygens (including phenoxy) is 2. The number of nitrogens with one attached hydrogen (secondary N) is 3. The molecule has 0 heterocycles. The summed E-state index contributed by atoms with van der Waals surface area (Å²) in [7, 11) is 0. The summed E-state index contributed by atoms with van der Waals surface area (Å²) in [6, 6.07) is 12.8. The average molecular weight is 466 g/mol. The predicted octanol–water partition coefficient (Wildman–Crippen LogP) is 2.55. The SMILES string of the molecule is Cc1ccc(OCC(=O)NC(=S)NNC(=O)COc2ccc(Br)cc2C)cc1. The van der Waals surface area contributed by atoms with Crippen molar-refractivity contribution in [1.82, 2.24) is 16.2 Å². The lowest BCUT2D eigenvalue weighted by Crippen LogP contribution is -2.50. The molecule has 9 heteroatoms. The van der Waals surface area contributed by atoms with Crippen LogP contribution in [-0.2, 0) is 9.59 Å². The number of hydrazine groups is 1. The van der Waals surface area contributed by atoms with Gasteiger partial charge in [0.2, 0.25) is 0 Å². The van der Waals surface area contributed by atoms with Gasteiger partial charge in [-0.15, -0.1) is 0 Å². The zero-order valence-electron chi connectivity index (χ0n) is 15.4. The number of halogens is 1. The van der Waals surface area contributed by atoms with E-state index < -0.39 is 11.8 Å². The van der Waals surface area contributed by atoms with Gasteiger partial charge in [-0.2, -0.15) is 0 Å². The molecule has 28 heavy (non-hydrogen) atoms. The van der Waals surface area contributed by atoms with Crippen molar-refractivity contribution in [2.75, 3.05) is 13.2 Å². The Morgan fingerprint density at radius 1 is 0.964 bits per heavy atom. The maximum Gasteiger partial charge on any atom is 0.276 e. The van der Waals surface area contributed by atoms with E-state index in [1.54, 1.807) is 18.2 Å². The second-order valence-electron chi connectivity index (χ2n) is 5.85. The summed E-state index contributed by atoms with van der Waals surface area (Å²) in [5.41, 5.74) is 6.77. The van der Waals surface area contributed by atoms with Crippen LogP contribution in [0.5, 0.6) is 11.5 Å². The van der Waals surface area contributed by atoms with Crippen LogP contribution in [0.1, 0.15) is 11.1 Å². The molecule has 148 valence electrons. The Hall–Kier alpha value is -2.65. The number of thiocarbonyl (C=S) groups is 1. The summed E-state index contributed by atoms with van der Waals surface area (Å²) in [6.45, 7) is 3.42. The molecule has 2 amide bonds. The molecule has 0 bridgehead atoms. The van der Waals surface area contributed by atoms with Crippen LogP contribution in [0.25, 0.3) is 0 Å². The van der Waals surface area contributed by atoms with Crippen LogP contribution in [0.2, 0.25) is 0 Å². The van der Waals surface area contributed by atoms with Gasteiger partial charge in [0.25, 0.3) is 11.8 Å². The Labute approximate surface area is 176 Å². The molecule has 0 aliphatic heterocycles. The lowest BCUT2D eigenvalue weighted by molar-refractivity contribution is -0.124. The molecule has 0 aromatic heterocycles. The minimum absolute atomic E-state index is 0.0503. The highest BCUT2D eigenvalue weighted by atomic mass is 79.9. The third kappa shape index (κ3) is 7.53. The molecule has 0 fully saturated rings. The Balaban J connectivity index is 1.66. The zero-order chi connectivity index (χ0) is 20.5. The average Bonchev–Trinajstić information content (AvgIpc) is 2.65. The molecule has 0 saturated heterocycles. The summed E-state index contributed by atoms with van der Waals surface area (Å²) < 4.78 is 11.7. The Bertz CT molecular complexity index is 859. The standard InChI is InChI=1S/C19H20BrN3O4S/c1-12-3-6-15(7-4-12)26-10-17(24)21-19(28)23-22-18(25)11-27-16-8-5-14(20)9-13(16)2/h3-9H,10-11H2,1-2H3,(H,22,25)(H2,21,23,24,28). The van der Waals surface area contributed by atoms with Crippen molar-refractivity contribution in [2.24, 2.45) is 0 Å². The molecule has 7 nitrogen and oxygen atoms in total. The van der Waals surface area contributed by atoms with Crippen LogP contribution in [0.3, 0.4) is 0 Å². The fourth-order valence-corrected chi connectivity index (χ4v) is 2.70. The molecule has 2 aromatic carbocycles. The quantitative estimate of drug-likeness (QED) is 0.448. The van der Waals surface area contributed by atoms with Crippen molar-refractivity contribution in [1.29, 1.82) is 0 Å². The van der Waals surface area contributed by atoms with Gasteiger partial charge in [-0.1, -0.05) is 33.6 Å². The Morgan fingerprint density at radius 3 is 2.32 bits per heavy atom. The molecule has 0 aliphatic rings. The van der Waals surface area contributed by atoms with E-state index in [9.17, 15) is 9.59 Å². The van der Waals surface area contributed by atoms with E-state index in [1.165, 1.54) is 0 Å². The van der Waals surface area contributed by atoms with Crippen molar-refractivity contribution in [3.8, 4) is 11.5 Å². The third-order valence-corrected chi connectivity index (χ3v) is 4.15. The number of carbonyl (C=O) groups excluding carboxylic acids is 2. The predicted molar refractivity (Wildman–Crippen MR) is 113 cm³/mol. The minimum Gasteiger partial charge on any atom is -0.484 e. The molecule has 3 N–H and O–H groups in total. The van der Waals surface area contributed by atoms with Gasteiger partial charge in [0, 0.05) is 4.47 Å². The molecular formula is C19H20BrN3O4S. The topological polar surface area (TPSA) is 88.7 Å². The highest BCUT2D eigenvalue weighted by Gasteiger charge is 2.08. The summed E-state index contributed by atoms with van der Waals surface area (Å²) in [5, 5.41) is 2.35. The van der Waals surface area contributed by atoms with Gasteiger partial charge in [-0.25, -0.2) is 0 Å². The van der Waals surface area contributed by atoms with Crippen LogP contribution >= 0.6 is 28.1 Å². The van der Waals surface area contributed by atoms with Crippen LogP contribution in [0.4, 0.5) is 0 Å². The molecule has 2 aromatic rings. The monoisotopic (exact) mass is 465 g/mol. The lowest BCUT2D eigenvalue weighted by atomic mass is 10.2. The first kappa shape index (κ1) is 21.6. The largest absolute Gasteiger partial charge is 0.484 e. The fourth-order valence-electron chi connectivity index (χ4n) is 2.06. The fraction of sp³-hybridized carbons (Fsp3) is 0.211. The van der Waals surface area contributed by atoms with Crippen LogP contribution in [0, 0.1) is 13.8 Å². The van der Waals surface area contributed by atoms with Gasteiger partial charge in [0.15, 0.2) is 18.3 Å². The highest BCUT2D eigenvalue weighted by molar-refractivity contribution is 9.10. The number of aryl methyl sites for hydroxylation is 2. The number of carbonyl (C=O) groups is 2. The van der Waals surface area contributed by atoms with Crippen LogP contribution in [0.15, 0.2) is 46.9 Å². The van der Waals surface area contributed by atoms with E-state index in [0.29, 0.717) is 11.5 Å². The first-order valence-corrected chi connectivity index (χ1v) is 9.50. The van der Waals surface area contributed by atoms with E-state index in [2.05, 4.69) is 32.1 Å². The van der Waals surface area contributed by atoms with Crippen molar-refractivity contribution in [3.63, 3.8) is 0 Å². The number of rotatable bonds is 6. The van der Waals surface area contributed by atoms with Crippen LogP contribution < -0.4 is 25.6 Å². The molecule has 2 rings (SSSR count). The van der Waals surface area contributed by atoms with E-state index in [-0.39, 0.29) is 18.3 Å². The number of benzene rings is 2. The maximum absolute atomic E-state index is 11.8. The molecule has 0 saturated carbocycles. The first-order valence-electron chi connectivity index (χ1n) is 8.30. The number of hydrogen-bond donors (Lipinski definition) is 3. The molecule has 0 radical (unpaired) electrons. The third-order valence-electron chi connectivity index (χ3n) is 3.46. The summed E-state index contributed by atoms with van der Waals surface area (Å²) in [6.07, 6.45) is 0. The Morgan fingerprint density at radius 2 is 1.64 bits per heavy atom. The number of hydrogen-bond acceptors (Lipinski definition) is 5.